The van der Waals surface area contributed by atoms with Crippen LogP contribution in [0.5, 0.6) is 0 Å². The second-order valence-electron chi connectivity index (χ2n) is 5.38. The molecule has 0 aliphatic carbocycles. The Morgan fingerprint density at radius 3 is 2.60 bits per heavy atom. The number of aryl methyl sites for hydroxylation is 2. The first-order chi connectivity index (χ1) is 9.31. The Labute approximate surface area is 128 Å². The van der Waals surface area contributed by atoms with Gasteiger partial charge >= 0.3 is 5.97 Å². The largest absolute Gasteiger partial charge is 0.480 e. The van der Waals surface area contributed by atoms with E-state index in [0.29, 0.717) is 13.0 Å². The minimum absolute atomic E-state index is 0.582. The van der Waals surface area contributed by atoms with E-state index in [1.807, 2.05) is 25.5 Å². The first kappa shape index (κ1) is 17.2. The Hall–Kier alpha value is -0.880. The van der Waals surface area contributed by atoms with Crippen LogP contribution in [0.2, 0.25) is 0 Å². The quantitative estimate of drug-likeness (QED) is 0.760. The van der Waals surface area contributed by atoms with Crippen molar-refractivity contribution >= 4 is 21.9 Å². The highest BCUT2D eigenvalue weighted by Crippen LogP contribution is 2.21. The first-order valence-electron chi connectivity index (χ1n) is 6.99. The minimum Gasteiger partial charge on any atom is -0.480 e. The fourth-order valence-corrected chi connectivity index (χ4v) is 2.43. The third-order valence-electron chi connectivity index (χ3n) is 3.58. The third-order valence-corrected chi connectivity index (χ3v) is 4.72. The molecule has 0 saturated carbocycles. The zero-order valence-corrected chi connectivity index (χ0v) is 14.2. The van der Waals surface area contributed by atoms with E-state index < -0.39 is 11.5 Å². The topological polar surface area (TPSA) is 67.2 Å². The Morgan fingerprint density at radius 2 is 2.15 bits per heavy atom. The van der Waals surface area contributed by atoms with Crippen LogP contribution in [0.25, 0.3) is 0 Å². The Bertz CT molecular complexity index is 473. The lowest BCUT2D eigenvalue weighted by Gasteiger charge is -2.26. The van der Waals surface area contributed by atoms with Crippen LogP contribution in [0.15, 0.2) is 4.47 Å². The number of rotatable bonds is 8. The van der Waals surface area contributed by atoms with Crippen LogP contribution in [-0.2, 0) is 11.3 Å². The summed E-state index contributed by atoms with van der Waals surface area (Å²) in [6, 6.07) is 0. The molecule has 0 amide bonds. The van der Waals surface area contributed by atoms with Crippen LogP contribution >= 0.6 is 15.9 Å². The lowest BCUT2D eigenvalue weighted by Crippen LogP contribution is -2.49. The number of carboxylic acid groups (broad SMARTS) is 1. The van der Waals surface area contributed by atoms with Crippen molar-refractivity contribution in [1.82, 2.24) is 15.1 Å². The van der Waals surface area contributed by atoms with Gasteiger partial charge < -0.3 is 10.4 Å². The molecule has 1 aromatic heterocycles. The maximum absolute atomic E-state index is 11.4. The van der Waals surface area contributed by atoms with Crippen LogP contribution < -0.4 is 5.32 Å². The second-order valence-corrected chi connectivity index (χ2v) is 6.17. The molecule has 1 aromatic rings. The average Bonchev–Trinajstić information content (AvgIpc) is 2.64. The second kappa shape index (κ2) is 7.22. The standard InChI is InChI=1S/C14H24BrN3O2/c1-5-8-16-14(4,13(19)20)7-6-9-18-11(3)12(15)10(2)17-18/h16H,5-9H2,1-4H3,(H,19,20). The lowest BCUT2D eigenvalue weighted by atomic mass is 9.95. The highest BCUT2D eigenvalue weighted by atomic mass is 79.9. The smallest absolute Gasteiger partial charge is 0.323 e. The van der Waals surface area contributed by atoms with Crippen LogP contribution in [0.3, 0.4) is 0 Å². The summed E-state index contributed by atoms with van der Waals surface area (Å²) < 4.78 is 2.96. The molecule has 0 radical (unpaired) electrons. The van der Waals surface area contributed by atoms with Gasteiger partial charge in [-0.1, -0.05) is 6.92 Å². The molecule has 1 unspecified atom stereocenters. The fourth-order valence-electron chi connectivity index (χ4n) is 2.15. The molecule has 6 heteroatoms. The minimum atomic E-state index is -0.858. The molecule has 2 N–H and O–H groups in total. The van der Waals surface area contributed by atoms with Crippen molar-refractivity contribution in [3.63, 3.8) is 0 Å². The maximum Gasteiger partial charge on any atom is 0.323 e. The van der Waals surface area contributed by atoms with E-state index in [-0.39, 0.29) is 0 Å². The summed E-state index contributed by atoms with van der Waals surface area (Å²) in [7, 11) is 0. The summed E-state index contributed by atoms with van der Waals surface area (Å²) in [5.41, 5.74) is 1.19. The molecule has 1 atom stereocenters. The molecule has 5 nitrogen and oxygen atoms in total. The third kappa shape index (κ3) is 4.06. The van der Waals surface area contributed by atoms with E-state index in [2.05, 4.69) is 26.3 Å². The van der Waals surface area contributed by atoms with Gasteiger partial charge in [0.15, 0.2) is 0 Å². The van der Waals surface area contributed by atoms with Gasteiger partial charge in [0.1, 0.15) is 5.54 Å². The number of hydrogen-bond donors (Lipinski definition) is 2. The molecule has 0 saturated heterocycles. The van der Waals surface area contributed by atoms with Crippen molar-refractivity contribution in [3.8, 4) is 0 Å². The van der Waals surface area contributed by atoms with Crippen molar-refractivity contribution in [2.45, 2.75) is 59.0 Å². The van der Waals surface area contributed by atoms with E-state index in [4.69, 9.17) is 0 Å². The van der Waals surface area contributed by atoms with E-state index in [1.54, 1.807) is 6.92 Å². The van der Waals surface area contributed by atoms with Crippen molar-refractivity contribution in [2.75, 3.05) is 6.54 Å². The highest BCUT2D eigenvalue weighted by molar-refractivity contribution is 9.10. The number of carboxylic acids is 1. The number of aromatic nitrogens is 2. The SMILES string of the molecule is CCCNC(C)(CCCn1nc(C)c(Br)c1C)C(=O)O. The van der Waals surface area contributed by atoms with Crippen molar-refractivity contribution < 1.29 is 9.90 Å². The normalized spacial score (nSPS) is 14.2. The van der Waals surface area contributed by atoms with Crippen molar-refractivity contribution in [1.29, 1.82) is 0 Å². The number of nitrogens with one attached hydrogen (secondary N) is 1. The summed E-state index contributed by atoms with van der Waals surface area (Å²) in [6.07, 6.45) is 2.28. The molecule has 0 bridgehead atoms. The Kier molecular flexibility index (Phi) is 6.20. The highest BCUT2D eigenvalue weighted by Gasteiger charge is 2.31. The molecule has 1 heterocycles. The van der Waals surface area contributed by atoms with Crippen LogP contribution in [0, 0.1) is 13.8 Å². The van der Waals surface area contributed by atoms with Gasteiger partial charge in [-0.2, -0.15) is 5.10 Å². The van der Waals surface area contributed by atoms with Gasteiger partial charge in [-0.25, -0.2) is 0 Å². The summed E-state index contributed by atoms with van der Waals surface area (Å²) in [6.45, 7) is 9.20. The molecule has 0 fully saturated rings. The molecule has 0 aromatic carbocycles. The van der Waals surface area contributed by atoms with Crippen LogP contribution in [-0.4, -0.2) is 32.9 Å². The Balaban J connectivity index is 2.60. The number of halogens is 1. The number of hydrogen-bond acceptors (Lipinski definition) is 3. The molecular weight excluding hydrogens is 322 g/mol. The summed E-state index contributed by atoms with van der Waals surface area (Å²) in [5.74, 6) is -0.791. The Morgan fingerprint density at radius 1 is 1.50 bits per heavy atom. The van der Waals surface area contributed by atoms with Crippen LogP contribution in [0.1, 0.15) is 44.5 Å². The number of nitrogens with zero attached hydrogens (tertiary/aromatic N) is 2. The van der Waals surface area contributed by atoms with Crippen molar-refractivity contribution in [3.05, 3.63) is 15.9 Å². The molecule has 0 spiro atoms. The van der Waals surface area contributed by atoms with E-state index >= 15 is 0 Å². The first-order valence-corrected chi connectivity index (χ1v) is 7.79. The van der Waals surface area contributed by atoms with E-state index in [9.17, 15) is 9.90 Å². The predicted molar refractivity (Wildman–Crippen MR) is 83.0 cm³/mol. The van der Waals surface area contributed by atoms with Gasteiger partial charge in [0.25, 0.3) is 0 Å². The number of aliphatic carboxylic acids is 1. The van der Waals surface area contributed by atoms with Gasteiger partial charge in [0.05, 0.1) is 10.2 Å². The van der Waals surface area contributed by atoms with E-state index in [1.165, 1.54) is 0 Å². The lowest BCUT2D eigenvalue weighted by molar-refractivity contribution is -0.144. The zero-order valence-electron chi connectivity index (χ0n) is 12.7. The number of carbonyl (C=O) groups is 1. The fraction of sp³-hybridized carbons (Fsp3) is 0.714. The van der Waals surface area contributed by atoms with E-state index in [0.717, 1.165) is 35.2 Å². The summed E-state index contributed by atoms with van der Waals surface area (Å²) in [5, 5.41) is 16.9. The van der Waals surface area contributed by atoms with Gasteiger partial charge in [0, 0.05) is 12.2 Å². The summed E-state index contributed by atoms with van der Waals surface area (Å²) in [4.78, 5) is 11.4. The van der Waals surface area contributed by atoms with Crippen LogP contribution in [0.4, 0.5) is 0 Å². The van der Waals surface area contributed by atoms with Gasteiger partial charge in [-0.15, -0.1) is 0 Å². The predicted octanol–water partition coefficient (Wildman–Crippen LogP) is 2.89. The molecule has 114 valence electrons. The average molecular weight is 346 g/mol. The molecule has 0 aliphatic rings. The van der Waals surface area contributed by atoms with Crippen molar-refractivity contribution in [2.24, 2.45) is 0 Å². The summed E-state index contributed by atoms with van der Waals surface area (Å²) >= 11 is 3.50. The molecule has 20 heavy (non-hydrogen) atoms. The molecule has 0 aliphatic heterocycles. The van der Waals surface area contributed by atoms with Gasteiger partial charge in [0.2, 0.25) is 0 Å². The van der Waals surface area contributed by atoms with Gasteiger partial charge in [-0.05, 0) is 62.5 Å². The monoisotopic (exact) mass is 345 g/mol. The zero-order chi connectivity index (χ0) is 15.3. The molecular formula is C14H24BrN3O2. The maximum atomic E-state index is 11.4. The molecule has 1 rings (SSSR count). The van der Waals surface area contributed by atoms with Gasteiger partial charge in [-0.3, -0.25) is 9.48 Å².